The maximum atomic E-state index is 13.5. The molecular weight excluding hydrogens is 404 g/mol. The predicted molar refractivity (Wildman–Crippen MR) is 110 cm³/mol. The molecule has 0 aliphatic rings. The number of halogens is 2. The summed E-state index contributed by atoms with van der Waals surface area (Å²) < 4.78 is 28.2. The summed E-state index contributed by atoms with van der Waals surface area (Å²) in [5, 5.41) is 4.86. The van der Waals surface area contributed by atoms with Crippen molar-refractivity contribution in [3.05, 3.63) is 82.8 Å². The molecule has 4 aromatic rings. The number of fused-ring (bicyclic) bond motifs is 1. The Morgan fingerprint density at radius 3 is 2.45 bits per heavy atom. The minimum absolute atomic E-state index is 0.106. The van der Waals surface area contributed by atoms with Gasteiger partial charge in [-0.1, -0.05) is 24.3 Å². The molecule has 0 fully saturated rings. The third-order valence-corrected chi connectivity index (χ3v) is 4.92. The highest BCUT2D eigenvalue weighted by Gasteiger charge is 2.25. The molecule has 0 aliphatic heterocycles. The summed E-state index contributed by atoms with van der Waals surface area (Å²) in [6, 6.07) is 10.3. The van der Waals surface area contributed by atoms with Crippen LogP contribution in [0, 0.1) is 18.6 Å². The minimum Gasteiger partial charge on any atom is -0.366 e. The Morgan fingerprint density at radius 1 is 1.03 bits per heavy atom. The molecule has 2 heterocycles. The van der Waals surface area contributed by atoms with Gasteiger partial charge in [0.1, 0.15) is 5.69 Å². The number of amides is 2. The number of hydrogen-bond acceptors (Lipinski definition) is 4. The normalized spacial score (nSPS) is 11.1. The molecule has 0 spiro atoms. The minimum atomic E-state index is -0.965. The maximum absolute atomic E-state index is 13.5. The van der Waals surface area contributed by atoms with Crippen molar-refractivity contribution in [1.82, 2.24) is 14.8 Å². The Labute approximate surface area is 175 Å². The fraction of sp³-hybridized carbons (Fsp3) is 0.0909. The van der Waals surface area contributed by atoms with Crippen molar-refractivity contribution >= 4 is 22.7 Å². The third-order valence-electron chi connectivity index (χ3n) is 4.92. The number of hydrogen-bond donors (Lipinski definition) is 2. The molecule has 2 aromatic carbocycles. The van der Waals surface area contributed by atoms with Crippen LogP contribution < -0.4 is 11.5 Å². The lowest BCUT2D eigenvalue weighted by Crippen LogP contribution is -2.20. The lowest BCUT2D eigenvalue weighted by Gasteiger charge is -2.13. The van der Waals surface area contributed by atoms with Crippen LogP contribution in [0.15, 0.2) is 48.7 Å². The van der Waals surface area contributed by atoms with E-state index in [-0.39, 0.29) is 23.4 Å². The average Bonchev–Trinajstić information content (AvgIpc) is 3.08. The highest BCUT2D eigenvalue weighted by atomic mass is 19.2. The lowest BCUT2D eigenvalue weighted by molar-refractivity contribution is 0.0996. The summed E-state index contributed by atoms with van der Waals surface area (Å²) in [6.07, 6.45) is 1.58. The number of rotatable bonds is 5. The first-order chi connectivity index (χ1) is 14.8. The molecule has 0 saturated heterocycles. The SMILES string of the molecule is Cc1nn(Cc2ccc(F)c(F)c2)cc1-c1c(C(N)=O)nc2ccccc2c1C(N)=O. The second kappa shape index (κ2) is 7.60. The zero-order valence-electron chi connectivity index (χ0n) is 16.4. The summed E-state index contributed by atoms with van der Waals surface area (Å²) in [7, 11) is 0. The molecule has 31 heavy (non-hydrogen) atoms. The van der Waals surface area contributed by atoms with Gasteiger partial charge >= 0.3 is 0 Å². The van der Waals surface area contributed by atoms with Crippen LogP contribution in [0.3, 0.4) is 0 Å². The number of nitrogens with zero attached hydrogens (tertiary/aromatic N) is 3. The molecular formula is C22H17F2N5O2. The highest BCUT2D eigenvalue weighted by Crippen LogP contribution is 2.33. The van der Waals surface area contributed by atoms with Crippen LogP contribution in [-0.4, -0.2) is 26.6 Å². The van der Waals surface area contributed by atoms with Gasteiger partial charge in [0, 0.05) is 22.7 Å². The number of aromatic nitrogens is 3. The average molecular weight is 421 g/mol. The third kappa shape index (κ3) is 3.61. The van der Waals surface area contributed by atoms with Gasteiger partial charge in [0.2, 0.25) is 5.91 Å². The monoisotopic (exact) mass is 421 g/mol. The van der Waals surface area contributed by atoms with Gasteiger partial charge in [-0.25, -0.2) is 13.8 Å². The van der Waals surface area contributed by atoms with Crippen molar-refractivity contribution in [2.75, 3.05) is 0 Å². The van der Waals surface area contributed by atoms with Gasteiger partial charge in [-0.15, -0.1) is 0 Å². The van der Waals surface area contributed by atoms with Gasteiger partial charge in [-0.2, -0.15) is 5.10 Å². The van der Waals surface area contributed by atoms with Crippen LogP contribution in [0.5, 0.6) is 0 Å². The first kappa shape index (κ1) is 20.1. The van der Waals surface area contributed by atoms with Crippen molar-refractivity contribution < 1.29 is 18.4 Å². The second-order valence-electron chi connectivity index (χ2n) is 7.03. The molecule has 2 amide bonds. The number of carbonyl (C=O) groups is 2. The van der Waals surface area contributed by atoms with Gasteiger partial charge in [0.15, 0.2) is 11.6 Å². The molecule has 0 radical (unpaired) electrons. The summed E-state index contributed by atoms with van der Waals surface area (Å²) in [4.78, 5) is 28.9. The molecule has 0 atom stereocenters. The van der Waals surface area contributed by atoms with Crippen molar-refractivity contribution in [3.63, 3.8) is 0 Å². The van der Waals surface area contributed by atoms with Gasteiger partial charge in [0.25, 0.3) is 5.91 Å². The Balaban J connectivity index is 1.91. The van der Waals surface area contributed by atoms with Gasteiger partial charge < -0.3 is 11.5 Å². The van der Waals surface area contributed by atoms with Crippen molar-refractivity contribution in [2.45, 2.75) is 13.5 Å². The van der Waals surface area contributed by atoms with E-state index in [0.29, 0.717) is 27.7 Å². The zero-order valence-corrected chi connectivity index (χ0v) is 16.4. The molecule has 0 saturated carbocycles. The van der Waals surface area contributed by atoms with E-state index in [9.17, 15) is 18.4 Å². The molecule has 4 N–H and O–H groups in total. The summed E-state index contributed by atoms with van der Waals surface area (Å²) in [5.74, 6) is -3.48. The molecule has 0 unspecified atom stereocenters. The fourth-order valence-corrected chi connectivity index (χ4v) is 3.58. The largest absolute Gasteiger partial charge is 0.366 e. The van der Waals surface area contributed by atoms with E-state index in [2.05, 4.69) is 10.1 Å². The Morgan fingerprint density at radius 2 is 1.77 bits per heavy atom. The van der Waals surface area contributed by atoms with Crippen molar-refractivity contribution in [3.8, 4) is 11.1 Å². The molecule has 0 bridgehead atoms. The van der Waals surface area contributed by atoms with Crippen LogP contribution in [0.4, 0.5) is 8.78 Å². The topological polar surface area (TPSA) is 117 Å². The molecule has 0 aliphatic carbocycles. The molecule has 9 heteroatoms. The first-order valence-electron chi connectivity index (χ1n) is 9.27. The summed E-state index contributed by atoms with van der Waals surface area (Å²) in [6.45, 7) is 1.82. The van der Waals surface area contributed by atoms with E-state index in [1.165, 1.54) is 10.7 Å². The smallest absolute Gasteiger partial charge is 0.267 e. The van der Waals surface area contributed by atoms with Gasteiger partial charge in [0.05, 0.1) is 23.3 Å². The maximum Gasteiger partial charge on any atom is 0.267 e. The summed E-state index contributed by atoms with van der Waals surface area (Å²) in [5.41, 5.74) is 13.2. The van der Waals surface area contributed by atoms with E-state index in [0.717, 1.165) is 12.1 Å². The van der Waals surface area contributed by atoms with Crippen LogP contribution in [0.2, 0.25) is 0 Å². The number of benzene rings is 2. The van der Waals surface area contributed by atoms with Gasteiger partial charge in [-0.05, 0) is 30.7 Å². The van der Waals surface area contributed by atoms with E-state index in [1.54, 1.807) is 37.4 Å². The number of pyridine rings is 1. The summed E-state index contributed by atoms with van der Waals surface area (Å²) >= 11 is 0. The van der Waals surface area contributed by atoms with Crippen LogP contribution >= 0.6 is 0 Å². The Kier molecular flexibility index (Phi) is 4.94. The van der Waals surface area contributed by atoms with Crippen molar-refractivity contribution in [1.29, 1.82) is 0 Å². The number of carbonyl (C=O) groups excluding carboxylic acids is 2. The van der Waals surface area contributed by atoms with Crippen LogP contribution in [0.25, 0.3) is 22.0 Å². The fourth-order valence-electron chi connectivity index (χ4n) is 3.58. The van der Waals surface area contributed by atoms with Crippen LogP contribution in [0.1, 0.15) is 32.1 Å². The number of nitrogens with two attached hydrogens (primary N) is 2. The number of aryl methyl sites for hydroxylation is 1. The molecule has 156 valence electrons. The predicted octanol–water partition coefficient (Wildman–Crippen LogP) is 2.93. The highest BCUT2D eigenvalue weighted by molar-refractivity contribution is 6.15. The van der Waals surface area contributed by atoms with E-state index < -0.39 is 23.4 Å². The first-order valence-corrected chi connectivity index (χ1v) is 9.27. The van der Waals surface area contributed by atoms with E-state index in [1.807, 2.05) is 0 Å². The zero-order chi connectivity index (χ0) is 22.3. The Bertz CT molecular complexity index is 1360. The quantitative estimate of drug-likeness (QED) is 0.515. The number of para-hydroxylation sites is 1. The number of primary amides is 2. The standard InChI is InChI=1S/C22H17F2N5O2/c1-11-14(10-29(28-11)9-12-6-7-15(23)16(24)8-12)18-19(21(25)30)13-4-2-3-5-17(13)27-20(18)22(26)31/h2-8,10H,9H2,1H3,(H2,25,30)(H2,26,31). The van der Waals surface area contributed by atoms with Crippen LogP contribution in [-0.2, 0) is 6.54 Å². The lowest BCUT2D eigenvalue weighted by atomic mass is 9.94. The second-order valence-corrected chi connectivity index (χ2v) is 7.03. The molecule has 4 rings (SSSR count). The van der Waals surface area contributed by atoms with Gasteiger partial charge in [-0.3, -0.25) is 14.3 Å². The molecule has 7 nitrogen and oxygen atoms in total. The van der Waals surface area contributed by atoms with Crippen molar-refractivity contribution in [2.24, 2.45) is 11.5 Å². The van der Waals surface area contributed by atoms with E-state index >= 15 is 0 Å². The van der Waals surface area contributed by atoms with E-state index in [4.69, 9.17) is 11.5 Å². The Hall–Kier alpha value is -4.14. The molecule has 2 aromatic heterocycles.